The van der Waals surface area contributed by atoms with Crippen molar-refractivity contribution in [3.63, 3.8) is 0 Å². The molecular formula is C10H14O3S2. The Hall–Kier alpha value is -0.160. The molecule has 0 bridgehead atoms. The summed E-state index contributed by atoms with van der Waals surface area (Å²) in [7, 11) is 0. The molecule has 2 rings (SSSR count). The molecular weight excluding hydrogens is 232 g/mol. The highest BCUT2D eigenvalue weighted by Crippen LogP contribution is 2.50. The maximum Gasteiger partial charge on any atom is 0.332 e. The van der Waals surface area contributed by atoms with Crippen molar-refractivity contribution in [2.24, 2.45) is 5.92 Å². The molecule has 0 aromatic heterocycles. The van der Waals surface area contributed by atoms with E-state index in [0.29, 0.717) is 12.8 Å². The molecule has 1 spiro atoms. The molecule has 0 aliphatic carbocycles. The molecule has 2 aliphatic rings. The molecule has 2 saturated heterocycles. The Morgan fingerprint density at radius 1 is 1.53 bits per heavy atom. The third kappa shape index (κ3) is 2.04. The fourth-order valence-corrected chi connectivity index (χ4v) is 5.09. The van der Waals surface area contributed by atoms with Crippen LogP contribution in [0.3, 0.4) is 0 Å². The number of rotatable bonds is 2. The molecule has 15 heavy (non-hydrogen) atoms. The first kappa shape index (κ1) is 11.3. The molecule has 0 aromatic carbocycles. The minimum absolute atomic E-state index is 0.0780. The zero-order valence-electron chi connectivity index (χ0n) is 8.65. The molecule has 2 heterocycles. The second-order valence-electron chi connectivity index (χ2n) is 3.77. The average molecular weight is 246 g/mol. The normalized spacial score (nSPS) is 29.1. The number of hydrogen-bond acceptors (Lipinski definition) is 5. The predicted octanol–water partition coefficient (Wildman–Crippen LogP) is 1.70. The average Bonchev–Trinajstić information content (AvgIpc) is 2.71. The summed E-state index contributed by atoms with van der Waals surface area (Å²) >= 11 is 3.28. The highest BCUT2D eigenvalue weighted by Gasteiger charge is 2.50. The molecule has 2 aliphatic heterocycles. The second kappa shape index (κ2) is 4.37. The molecule has 0 N–H and O–H groups in total. The predicted molar refractivity (Wildman–Crippen MR) is 62.0 cm³/mol. The van der Waals surface area contributed by atoms with E-state index in [0.717, 1.165) is 11.5 Å². The van der Waals surface area contributed by atoms with Crippen LogP contribution in [-0.4, -0.2) is 33.9 Å². The zero-order valence-corrected chi connectivity index (χ0v) is 10.3. The van der Waals surface area contributed by atoms with Crippen LogP contribution >= 0.6 is 23.5 Å². The molecule has 2 fully saturated rings. The van der Waals surface area contributed by atoms with Crippen LogP contribution in [0.25, 0.3) is 0 Å². The van der Waals surface area contributed by atoms with Crippen molar-refractivity contribution >= 4 is 35.3 Å². The summed E-state index contributed by atoms with van der Waals surface area (Å²) in [5.41, 5.74) is 0. The summed E-state index contributed by atoms with van der Waals surface area (Å²) in [5.74, 6) is 1.97. The Kier molecular flexibility index (Phi) is 3.30. The van der Waals surface area contributed by atoms with Gasteiger partial charge in [0.1, 0.15) is 12.4 Å². The smallest absolute Gasteiger partial charge is 0.332 e. The van der Waals surface area contributed by atoms with Crippen molar-refractivity contribution in [3.8, 4) is 0 Å². The van der Waals surface area contributed by atoms with Gasteiger partial charge in [0.2, 0.25) is 0 Å². The first-order chi connectivity index (χ1) is 7.18. The molecule has 0 radical (unpaired) electrons. The van der Waals surface area contributed by atoms with Crippen molar-refractivity contribution in [3.05, 3.63) is 0 Å². The summed E-state index contributed by atoms with van der Waals surface area (Å²) in [6.45, 7) is 2.15. The lowest BCUT2D eigenvalue weighted by Crippen LogP contribution is -2.43. The van der Waals surface area contributed by atoms with Gasteiger partial charge in [0.15, 0.2) is 4.08 Å². The highest BCUT2D eigenvalue weighted by molar-refractivity contribution is 8.22. The topological polar surface area (TPSA) is 43.4 Å². The molecule has 1 unspecified atom stereocenters. The molecule has 5 heteroatoms. The van der Waals surface area contributed by atoms with Crippen molar-refractivity contribution in [2.45, 2.75) is 23.8 Å². The summed E-state index contributed by atoms with van der Waals surface area (Å²) in [4.78, 5) is 23.3. The SMILES string of the molecule is CCC(=O)C1COC(=O)C2(C1)SCCS2. The summed E-state index contributed by atoms with van der Waals surface area (Å²) in [6, 6.07) is 0. The minimum Gasteiger partial charge on any atom is -0.463 e. The van der Waals surface area contributed by atoms with E-state index in [1.165, 1.54) is 0 Å². The maximum atomic E-state index is 11.7. The Balaban J connectivity index is 2.10. The number of Topliss-reactive ketones (excluding diaryl/α,β-unsaturated/α-hetero) is 1. The van der Waals surface area contributed by atoms with Gasteiger partial charge in [-0.1, -0.05) is 6.92 Å². The van der Waals surface area contributed by atoms with Crippen LogP contribution in [0.4, 0.5) is 0 Å². The number of carbonyl (C=O) groups excluding carboxylic acids is 2. The number of esters is 1. The standard InChI is InChI=1S/C10H14O3S2/c1-2-8(11)7-5-10(9(12)13-6-7)14-3-4-15-10/h7H,2-6H2,1H3. The maximum absolute atomic E-state index is 11.7. The fourth-order valence-electron chi connectivity index (χ4n) is 1.94. The van der Waals surface area contributed by atoms with Gasteiger partial charge in [-0.25, -0.2) is 4.79 Å². The van der Waals surface area contributed by atoms with E-state index >= 15 is 0 Å². The van der Waals surface area contributed by atoms with Crippen molar-refractivity contribution < 1.29 is 14.3 Å². The Morgan fingerprint density at radius 2 is 2.20 bits per heavy atom. The molecule has 0 aromatic rings. The van der Waals surface area contributed by atoms with Gasteiger partial charge in [0, 0.05) is 17.9 Å². The number of ether oxygens (including phenoxy) is 1. The van der Waals surface area contributed by atoms with E-state index in [-0.39, 0.29) is 24.3 Å². The van der Waals surface area contributed by atoms with Crippen LogP contribution in [0.1, 0.15) is 19.8 Å². The summed E-state index contributed by atoms with van der Waals surface area (Å²) < 4.78 is 4.69. The first-order valence-electron chi connectivity index (χ1n) is 5.16. The summed E-state index contributed by atoms with van der Waals surface area (Å²) in [5, 5.41) is 0. The Morgan fingerprint density at radius 3 is 2.80 bits per heavy atom. The van der Waals surface area contributed by atoms with Gasteiger partial charge in [-0.05, 0) is 6.42 Å². The lowest BCUT2D eigenvalue weighted by Gasteiger charge is -2.33. The largest absolute Gasteiger partial charge is 0.463 e. The van der Waals surface area contributed by atoms with Gasteiger partial charge in [0.05, 0.1) is 5.92 Å². The van der Waals surface area contributed by atoms with Gasteiger partial charge >= 0.3 is 5.97 Å². The van der Waals surface area contributed by atoms with Crippen LogP contribution in [0.5, 0.6) is 0 Å². The van der Waals surface area contributed by atoms with Crippen LogP contribution in [0, 0.1) is 5.92 Å². The van der Waals surface area contributed by atoms with Crippen molar-refractivity contribution in [1.29, 1.82) is 0 Å². The van der Waals surface area contributed by atoms with Crippen LogP contribution in [0.15, 0.2) is 0 Å². The minimum atomic E-state index is -0.465. The third-order valence-corrected chi connectivity index (χ3v) is 6.18. The van der Waals surface area contributed by atoms with E-state index in [4.69, 9.17) is 4.74 Å². The zero-order chi connectivity index (χ0) is 10.9. The van der Waals surface area contributed by atoms with Crippen molar-refractivity contribution in [1.82, 2.24) is 0 Å². The fraction of sp³-hybridized carbons (Fsp3) is 0.800. The van der Waals surface area contributed by atoms with E-state index in [1.54, 1.807) is 23.5 Å². The Labute approximate surface area is 97.7 Å². The number of carbonyl (C=O) groups is 2. The van der Waals surface area contributed by atoms with Gasteiger partial charge in [0.25, 0.3) is 0 Å². The van der Waals surface area contributed by atoms with Gasteiger partial charge in [-0.3, -0.25) is 4.79 Å². The Bertz CT molecular complexity index is 284. The highest BCUT2D eigenvalue weighted by atomic mass is 32.2. The summed E-state index contributed by atoms with van der Waals surface area (Å²) in [6.07, 6.45) is 1.20. The second-order valence-corrected chi connectivity index (χ2v) is 6.82. The van der Waals surface area contributed by atoms with E-state index in [1.807, 2.05) is 6.92 Å². The quantitative estimate of drug-likeness (QED) is 0.694. The van der Waals surface area contributed by atoms with Crippen LogP contribution < -0.4 is 0 Å². The first-order valence-corrected chi connectivity index (χ1v) is 7.13. The molecule has 0 saturated carbocycles. The van der Waals surface area contributed by atoms with Crippen LogP contribution in [-0.2, 0) is 14.3 Å². The lowest BCUT2D eigenvalue weighted by molar-refractivity contribution is -0.151. The number of ketones is 1. The number of hydrogen-bond donors (Lipinski definition) is 0. The van der Waals surface area contributed by atoms with E-state index < -0.39 is 4.08 Å². The van der Waals surface area contributed by atoms with Gasteiger partial charge < -0.3 is 4.74 Å². The molecule has 84 valence electrons. The monoisotopic (exact) mass is 246 g/mol. The molecule has 0 amide bonds. The number of thioether (sulfide) groups is 2. The third-order valence-electron chi connectivity index (χ3n) is 2.80. The van der Waals surface area contributed by atoms with Gasteiger partial charge in [-0.2, -0.15) is 0 Å². The lowest BCUT2D eigenvalue weighted by atomic mass is 9.95. The van der Waals surface area contributed by atoms with Crippen molar-refractivity contribution in [2.75, 3.05) is 18.1 Å². The van der Waals surface area contributed by atoms with E-state index in [9.17, 15) is 9.59 Å². The molecule has 3 nitrogen and oxygen atoms in total. The van der Waals surface area contributed by atoms with Crippen LogP contribution in [0.2, 0.25) is 0 Å². The number of cyclic esters (lactones) is 1. The molecule has 1 atom stereocenters. The van der Waals surface area contributed by atoms with Gasteiger partial charge in [-0.15, -0.1) is 23.5 Å². The van der Waals surface area contributed by atoms with E-state index in [2.05, 4.69) is 0 Å².